The number of aromatic nitrogens is 3. The third-order valence-electron chi connectivity index (χ3n) is 4.65. The zero-order valence-corrected chi connectivity index (χ0v) is 18.8. The molecule has 1 aromatic heterocycles. The van der Waals surface area contributed by atoms with Gasteiger partial charge in [0.2, 0.25) is 5.91 Å². The zero-order chi connectivity index (χ0) is 21.8. The van der Waals surface area contributed by atoms with Crippen molar-refractivity contribution < 1.29 is 9.18 Å². The van der Waals surface area contributed by atoms with Crippen LogP contribution in [0, 0.1) is 32.5 Å². The van der Waals surface area contributed by atoms with Crippen LogP contribution in [-0.4, -0.2) is 26.4 Å². The van der Waals surface area contributed by atoms with Crippen molar-refractivity contribution in [1.29, 1.82) is 0 Å². The number of benzene rings is 2. The summed E-state index contributed by atoms with van der Waals surface area (Å²) < 4.78 is 16.2. The summed E-state index contributed by atoms with van der Waals surface area (Å²) >= 11 is 1.31. The molecule has 0 aliphatic rings. The maximum Gasteiger partial charge on any atom is 0.234 e. The van der Waals surface area contributed by atoms with Gasteiger partial charge in [-0.3, -0.25) is 4.79 Å². The van der Waals surface area contributed by atoms with Gasteiger partial charge in [0.15, 0.2) is 11.0 Å². The number of carbonyl (C=O) groups excluding carboxylic acids is 1. The van der Waals surface area contributed by atoms with Crippen LogP contribution in [0.15, 0.2) is 41.6 Å². The lowest BCUT2D eigenvalue weighted by atomic mass is 10.1. The van der Waals surface area contributed by atoms with E-state index in [-0.39, 0.29) is 17.5 Å². The van der Waals surface area contributed by atoms with Crippen LogP contribution in [-0.2, 0) is 11.3 Å². The van der Waals surface area contributed by atoms with E-state index in [1.54, 1.807) is 18.2 Å². The Hall–Kier alpha value is -2.67. The Balaban J connectivity index is 1.78. The van der Waals surface area contributed by atoms with E-state index in [0.29, 0.717) is 29.0 Å². The second kappa shape index (κ2) is 9.43. The molecule has 0 radical (unpaired) electrons. The van der Waals surface area contributed by atoms with Gasteiger partial charge in [0.1, 0.15) is 5.82 Å². The van der Waals surface area contributed by atoms with Crippen LogP contribution in [0.1, 0.15) is 30.5 Å². The molecule has 1 amide bonds. The zero-order valence-electron chi connectivity index (χ0n) is 18.0. The number of hydrogen-bond acceptors (Lipinski definition) is 4. The molecule has 2 aromatic carbocycles. The number of nitrogens with zero attached hydrogens (tertiary/aromatic N) is 3. The third kappa shape index (κ3) is 5.08. The lowest BCUT2D eigenvalue weighted by Crippen LogP contribution is -2.17. The number of halogens is 1. The molecule has 3 rings (SSSR count). The second-order valence-corrected chi connectivity index (χ2v) is 8.84. The standard InChI is InChI=1S/C23H27FN4OS/c1-14(2)12-28-22(18-8-6-7-9-19(18)24)26-27-23(28)30-13-20(29)25-21-16(4)10-15(3)11-17(21)5/h6-11,14H,12-13H2,1-5H3,(H,25,29). The SMILES string of the molecule is Cc1cc(C)c(NC(=O)CSc2nnc(-c3ccccc3F)n2CC(C)C)c(C)c1. The van der Waals surface area contributed by atoms with Crippen LogP contribution < -0.4 is 5.32 Å². The van der Waals surface area contributed by atoms with Gasteiger partial charge in [0.25, 0.3) is 0 Å². The van der Waals surface area contributed by atoms with E-state index >= 15 is 0 Å². The van der Waals surface area contributed by atoms with Crippen molar-refractivity contribution in [1.82, 2.24) is 14.8 Å². The fourth-order valence-electron chi connectivity index (χ4n) is 3.45. The summed E-state index contributed by atoms with van der Waals surface area (Å²) in [5.74, 6) is 0.545. The minimum atomic E-state index is -0.338. The molecule has 0 unspecified atom stereocenters. The minimum absolute atomic E-state index is 0.110. The summed E-state index contributed by atoms with van der Waals surface area (Å²) in [5.41, 5.74) is 4.50. The predicted octanol–water partition coefficient (Wildman–Crippen LogP) is 5.40. The van der Waals surface area contributed by atoms with Crippen LogP contribution in [0.3, 0.4) is 0 Å². The molecule has 0 spiro atoms. The first kappa shape index (κ1) is 22.0. The van der Waals surface area contributed by atoms with Gasteiger partial charge in [-0.2, -0.15) is 0 Å². The van der Waals surface area contributed by atoms with Gasteiger partial charge in [-0.25, -0.2) is 4.39 Å². The largest absolute Gasteiger partial charge is 0.325 e. The molecular weight excluding hydrogens is 399 g/mol. The summed E-state index contributed by atoms with van der Waals surface area (Å²) in [4.78, 5) is 12.6. The third-order valence-corrected chi connectivity index (χ3v) is 5.62. The van der Waals surface area contributed by atoms with Crippen LogP contribution in [0.25, 0.3) is 11.4 Å². The Bertz CT molecular complexity index is 1040. The number of aryl methyl sites for hydroxylation is 3. The molecule has 0 saturated carbocycles. The number of rotatable bonds is 7. The van der Waals surface area contributed by atoms with Gasteiger partial charge in [0, 0.05) is 12.2 Å². The lowest BCUT2D eigenvalue weighted by Gasteiger charge is -2.14. The maximum absolute atomic E-state index is 14.3. The van der Waals surface area contributed by atoms with E-state index < -0.39 is 0 Å². The highest BCUT2D eigenvalue weighted by Crippen LogP contribution is 2.27. The molecule has 0 atom stereocenters. The Labute approximate surface area is 181 Å². The Morgan fingerprint density at radius 2 is 1.80 bits per heavy atom. The molecule has 5 nitrogen and oxygen atoms in total. The van der Waals surface area contributed by atoms with Gasteiger partial charge in [0.05, 0.1) is 11.3 Å². The topological polar surface area (TPSA) is 59.8 Å². The summed E-state index contributed by atoms with van der Waals surface area (Å²) in [7, 11) is 0. The van der Waals surface area contributed by atoms with Crippen molar-refractivity contribution >= 4 is 23.4 Å². The molecule has 0 aliphatic heterocycles. The summed E-state index contributed by atoms with van der Waals surface area (Å²) in [6.45, 7) is 10.8. The second-order valence-electron chi connectivity index (χ2n) is 7.90. The predicted molar refractivity (Wildman–Crippen MR) is 120 cm³/mol. The Morgan fingerprint density at radius 3 is 2.43 bits per heavy atom. The van der Waals surface area contributed by atoms with Crippen molar-refractivity contribution in [3.63, 3.8) is 0 Å². The molecule has 0 aliphatic carbocycles. The van der Waals surface area contributed by atoms with E-state index in [0.717, 1.165) is 16.8 Å². The molecule has 30 heavy (non-hydrogen) atoms. The quantitative estimate of drug-likeness (QED) is 0.514. The van der Waals surface area contributed by atoms with E-state index in [2.05, 4.69) is 41.5 Å². The number of carbonyl (C=O) groups is 1. The van der Waals surface area contributed by atoms with Crippen LogP contribution >= 0.6 is 11.8 Å². The first-order valence-electron chi connectivity index (χ1n) is 9.95. The first-order chi connectivity index (χ1) is 14.3. The van der Waals surface area contributed by atoms with Gasteiger partial charge in [-0.05, 0) is 49.9 Å². The highest BCUT2D eigenvalue weighted by molar-refractivity contribution is 7.99. The molecule has 3 aromatic rings. The van der Waals surface area contributed by atoms with E-state index in [1.807, 2.05) is 25.3 Å². The van der Waals surface area contributed by atoms with Crippen molar-refractivity contribution in [3.05, 3.63) is 58.9 Å². The number of hydrogen-bond donors (Lipinski definition) is 1. The van der Waals surface area contributed by atoms with Crippen molar-refractivity contribution in [2.45, 2.75) is 46.3 Å². The fourth-order valence-corrected chi connectivity index (χ4v) is 4.20. The number of anilines is 1. The van der Waals surface area contributed by atoms with Crippen molar-refractivity contribution in [3.8, 4) is 11.4 Å². The molecule has 158 valence electrons. The first-order valence-corrected chi connectivity index (χ1v) is 10.9. The normalized spacial score (nSPS) is 11.2. The number of nitrogens with one attached hydrogen (secondary N) is 1. The molecule has 0 bridgehead atoms. The van der Waals surface area contributed by atoms with Crippen LogP contribution in [0.4, 0.5) is 10.1 Å². The van der Waals surface area contributed by atoms with Crippen molar-refractivity contribution in [2.24, 2.45) is 5.92 Å². The molecule has 1 N–H and O–H groups in total. The molecule has 1 heterocycles. The smallest absolute Gasteiger partial charge is 0.234 e. The summed E-state index contributed by atoms with van der Waals surface area (Å²) in [6.07, 6.45) is 0. The summed E-state index contributed by atoms with van der Waals surface area (Å²) in [5, 5.41) is 12.1. The number of amides is 1. The van der Waals surface area contributed by atoms with Gasteiger partial charge in [-0.1, -0.05) is 55.4 Å². The average molecular weight is 427 g/mol. The fraction of sp³-hybridized carbons (Fsp3) is 0.348. The maximum atomic E-state index is 14.3. The van der Waals surface area contributed by atoms with Crippen molar-refractivity contribution in [2.75, 3.05) is 11.1 Å². The van der Waals surface area contributed by atoms with Crippen LogP contribution in [0.5, 0.6) is 0 Å². The summed E-state index contributed by atoms with van der Waals surface area (Å²) in [6, 6.07) is 10.6. The van der Waals surface area contributed by atoms with Crippen LogP contribution in [0.2, 0.25) is 0 Å². The Morgan fingerprint density at radius 1 is 1.13 bits per heavy atom. The molecule has 0 fully saturated rings. The van der Waals surface area contributed by atoms with E-state index in [1.165, 1.54) is 23.4 Å². The monoisotopic (exact) mass is 426 g/mol. The molecule has 0 saturated heterocycles. The van der Waals surface area contributed by atoms with E-state index in [4.69, 9.17) is 0 Å². The highest BCUT2D eigenvalue weighted by Gasteiger charge is 2.19. The van der Waals surface area contributed by atoms with Gasteiger partial charge < -0.3 is 9.88 Å². The van der Waals surface area contributed by atoms with E-state index in [9.17, 15) is 9.18 Å². The molecular formula is C23H27FN4OS. The minimum Gasteiger partial charge on any atom is -0.325 e. The molecule has 7 heteroatoms. The highest BCUT2D eigenvalue weighted by atomic mass is 32.2. The number of thioether (sulfide) groups is 1. The Kier molecular flexibility index (Phi) is 6.92. The average Bonchev–Trinajstić information content (AvgIpc) is 3.05. The van der Waals surface area contributed by atoms with Gasteiger partial charge in [-0.15, -0.1) is 10.2 Å². The lowest BCUT2D eigenvalue weighted by molar-refractivity contribution is -0.113. The van der Waals surface area contributed by atoms with Gasteiger partial charge >= 0.3 is 0 Å².